The van der Waals surface area contributed by atoms with E-state index in [1.807, 2.05) is 0 Å². The molecule has 0 radical (unpaired) electrons. The second kappa shape index (κ2) is 8.52. The summed E-state index contributed by atoms with van der Waals surface area (Å²) in [4.78, 5) is 25.0. The maximum Gasteiger partial charge on any atom is 0.207 e. The van der Waals surface area contributed by atoms with Crippen molar-refractivity contribution < 1.29 is 9.72 Å². The smallest absolute Gasteiger partial charge is 0.207 e. The highest BCUT2D eigenvalue weighted by Crippen LogP contribution is 2.66. The van der Waals surface area contributed by atoms with Crippen molar-refractivity contribution in [2.24, 2.45) is 52.8 Å². The number of carbonyl (C=O) groups excluding carboxylic acids is 1. The molecular formula is C26H36N4O3. The minimum atomic E-state index is -0.168. The molecule has 7 heteroatoms. The predicted octanol–water partition coefficient (Wildman–Crippen LogP) is 4.73. The second-order valence-corrected chi connectivity index (χ2v) is 11.9. The van der Waals surface area contributed by atoms with Crippen molar-refractivity contribution in [1.82, 2.24) is 9.78 Å². The van der Waals surface area contributed by atoms with Crippen LogP contribution in [-0.4, -0.2) is 27.0 Å². The first-order valence-corrected chi connectivity index (χ1v) is 12.9. The lowest BCUT2D eigenvalue weighted by atomic mass is 9.48. The summed E-state index contributed by atoms with van der Waals surface area (Å²) in [6.45, 7) is 4.78. The Morgan fingerprint density at radius 2 is 2.03 bits per heavy atom. The zero-order chi connectivity index (χ0) is 23.3. The number of hydrogen-bond donors (Lipinski definition) is 0. The highest BCUT2D eigenvalue weighted by molar-refractivity contribution is 5.82. The van der Waals surface area contributed by atoms with Gasteiger partial charge >= 0.3 is 0 Å². The van der Waals surface area contributed by atoms with Gasteiger partial charge in [0, 0.05) is 23.0 Å². The van der Waals surface area contributed by atoms with E-state index in [4.69, 9.17) is 5.26 Å². The first-order chi connectivity index (χ1) is 15.8. The zero-order valence-corrected chi connectivity index (χ0v) is 19.9. The summed E-state index contributed by atoms with van der Waals surface area (Å²) in [6.07, 6.45) is 12.3. The van der Waals surface area contributed by atoms with Crippen LogP contribution in [0.15, 0.2) is 12.4 Å². The van der Waals surface area contributed by atoms with Gasteiger partial charge in [0.05, 0.1) is 18.3 Å². The SMILES string of the molecule is C[C@H]1CC[C@H]2[C@H](CC[C@@H]3[C@@H]2CC[C@]2(C)[C@@H](C(=O)Cn4cc(C#N)cn4)CC(C[N+](=O)[O-])[C@@H]32)C1. The number of ketones is 1. The van der Waals surface area contributed by atoms with Crippen molar-refractivity contribution in [2.75, 3.05) is 6.54 Å². The molecule has 178 valence electrons. The first-order valence-electron chi connectivity index (χ1n) is 12.9. The van der Waals surface area contributed by atoms with Crippen LogP contribution in [0, 0.1) is 74.2 Å². The van der Waals surface area contributed by atoms with Gasteiger partial charge in [0.1, 0.15) is 6.07 Å². The molecule has 9 atom stereocenters. The Kier molecular flexibility index (Phi) is 5.83. The Labute approximate surface area is 196 Å². The maximum absolute atomic E-state index is 13.5. The number of hydrogen-bond acceptors (Lipinski definition) is 5. The molecule has 0 N–H and O–H groups in total. The van der Waals surface area contributed by atoms with Gasteiger partial charge in [0.25, 0.3) is 0 Å². The van der Waals surface area contributed by atoms with E-state index < -0.39 is 0 Å². The van der Waals surface area contributed by atoms with Crippen molar-refractivity contribution in [3.63, 3.8) is 0 Å². The van der Waals surface area contributed by atoms with E-state index in [0.717, 1.165) is 24.2 Å². The Bertz CT molecular complexity index is 967. The molecular weight excluding hydrogens is 416 g/mol. The fraction of sp³-hybridized carbons (Fsp3) is 0.808. The van der Waals surface area contributed by atoms with Crippen LogP contribution in [0.1, 0.15) is 70.8 Å². The van der Waals surface area contributed by atoms with Gasteiger partial charge in [-0.25, -0.2) is 0 Å². The van der Waals surface area contributed by atoms with Crippen LogP contribution in [0.4, 0.5) is 0 Å². The van der Waals surface area contributed by atoms with Crippen LogP contribution in [0.5, 0.6) is 0 Å². The molecule has 1 aromatic rings. The summed E-state index contributed by atoms with van der Waals surface area (Å²) in [5.41, 5.74) is 0.280. The van der Waals surface area contributed by atoms with E-state index in [9.17, 15) is 14.9 Å². The van der Waals surface area contributed by atoms with Crippen LogP contribution < -0.4 is 0 Å². The summed E-state index contributed by atoms with van der Waals surface area (Å²) in [5, 5.41) is 24.9. The fourth-order valence-corrected chi connectivity index (χ4v) is 9.03. The third-order valence-corrected chi connectivity index (χ3v) is 10.2. The van der Waals surface area contributed by atoms with Crippen molar-refractivity contribution in [1.29, 1.82) is 5.26 Å². The van der Waals surface area contributed by atoms with Crippen LogP contribution in [0.2, 0.25) is 0 Å². The second-order valence-electron chi connectivity index (χ2n) is 11.9. The van der Waals surface area contributed by atoms with Crippen molar-refractivity contribution >= 4 is 5.78 Å². The molecule has 5 rings (SSSR count). The van der Waals surface area contributed by atoms with Gasteiger partial charge in [-0.2, -0.15) is 10.4 Å². The molecule has 4 fully saturated rings. The van der Waals surface area contributed by atoms with Crippen molar-refractivity contribution in [3.8, 4) is 6.07 Å². The van der Waals surface area contributed by atoms with E-state index in [-0.39, 0.29) is 47.0 Å². The predicted molar refractivity (Wildman–Crippen MR) is 122 cm³/mol. The minimum Gasteiger partial charge on any atom is -0.297 e. The molecule has 0 spiro atoms. The summed E-state index contributed by atoms with van der Waals surface area (Å²) < 4.78 is 1.56. The normalized spacial score (nSPS) is 42.0. The Morgan fingerprint density at radius 3 is 2.76 bits per heavy atom. The lowest BCUT2D eigenvalue weighted by Crippen LogP contribution is -2.51. The Balaban J connectivity index is 1.40. The Morgan fingerprint density at radius 1 is 1.24 bits per heavy atom. The summed E-state index contributed by atoms with van der Waals surface area (Å²) >= 11 is 0. The molecule has 1 unspecified atom stereocenters. The average molecular weight is 453 g/mol. The number of aromatic nitrogens is 2. The maximum atomic E-state index is 13.5. The molecule has 0 amide bonds. The van der Waals surface area contributed by atoms with Crippen LogP contribution in [0.25, 0.3) is 0 Å². The monoisotopic (exact) mass is 452 g/mol. The molecule has 7 nitrogen and oxygen atoms in total. The topological polar surface area (TPSA) is 102 Å². The molecule has 1 aromatic heterocycles. The van der Waals surface area contributed by atoms with Gasteiger partial charge in [-0.05, 0) is 85.9 Å². The molecule has 0 aromatic carbocycles. The Hall–Kier alpha value is -2.23. The summed E-state index contributed by atoms with van der Waals surface area (Å²) in [7, 11) is 0. The van der Waals surface area contributed by atoms with E-state index >= 15 is 0 Å². The quantitative estimate of drug-likeness (QED) is 0.475. The lowest BCUT2D eigenvalue weighted by molar-refractivity contribution is -0.490. The third kappa shape index (κ3) is 3.90. The molecule has 0 saturated heterocycles. The number of rotatable bonds is 5. The average Bonchev–Trinajstić information content (AvgIpc) is 3.34. The number of nitro groups is 1. The largest absolute Gasteiger partial charge is 0.297 e. The van der Waals surface area contributed by atoms with Gasteiger partial charge in [-0.3, -0.25) is 19.6 Å². The number of nitriles is 1. The van der Waals surface area contributed by atoms with E-state index in [2.05, 4.69) is 25.0 Å². The number of fused-ring (bicyclic) bond motifs is 5. The minimum absolute atomic E-state index is 0.0151. The van der Waals surface area contributed by atoms with Crippen LogP contribution in [-0.2, 0) is 11.3 Å². The lowest BCUT2D eigenvalue weighted by Gasteiger charge is -2.56. The number of nitrogens with zero attached hydrogens (tertiary/aromatic N) is 4. The van der Waals surface area contributed by atoms with Gasteiger partial charge in [-0.1, -0.05) is 20.3 Å². The van der Waals surface area contributed by atoms with Gasteiger partial charge in [0.2, 0.25) is 6.54 Å². The highest BCUT2D eigenvalue weighted by atomic mass is 16.6. The van der Waals surface area contributed by atoms with Crippen LogP contribution >= 0.6 is 0 Å². The van der Waals surface area contributed by atoms with Gasteiger partial charge in [0.15, 0.2) is 5.78 Å². The zero-order valence-electron chi connectivity index (χ0n) is 19.9. The van der Waals surface area contributed by atoms with E-state index in [0.29, 0.717) is 23.8 Å². The molecule has 4 aliphatic carbocycles. The standard InChI is InChI=1S/C26H36N4O3/c1-16-3-5-20-18(9-16)4-6-22-21(20)7-8-26(2)23(10-19(25(22)26)14-30(32)33)24(31)15-29-13-17(11-27)12-28-29/h12-13,16,18-23,25H,3-10,14-15H2,1-2H3/t16-,18+,19?,20-,21+,22+,23+,25-,26+/m0/s1. The molecule has 0 bridgehead atoms. The summed E-state index contributed by atoms with van der Waals surface area (Å²) in [6, 6.07) is 2.06. The molecule has 4 aliphatic rings. The van der Waals surface area contributed by atoms with Crippen LogP contribution in [0.3, 0.4) is 0 Å². The fourth-order valence-electron chi connectivity index (χ4n) is 9.03. The van der Waals surface area contributed by atoms with Gasteiger partial charge in [-0.15, -0.1) is 0 Å². The van der Waals surface area contributed by atoms with Crippen molar-refractivity contribution in [3.05, 3.63) is 28.1 Å². The molecule has 0 aliphatic heterocycles. The summed E-state index contributed by atoms with van der Waals surface area (Å²) in [5.74, 6) is 3.87. The molecule has 4 saturated carbocycles. The first kappa shape index (κ1) is 22.6. The molecule has 1 heterocycles. The van der Waals surface area contributed by atoms with E-state index in [1.165, 1.54) is 44.7 Å². The third-order valence-electron chi connectivity index (χ3n) is 10.2. The van der Waals surface area contributed by atoms with Gasteiger partial charge < -0.3 is 0 Å². The molecule has 33 heavy (non-hydrogen) atoms. The number of carbonyl (C=O) groups is 1. The van der Waals surface area contributed by atoms with Crippen molar-refractivity contribution in [2.45, 2.75) is 71.8 Å². The number of Topliss-reactive ketones (excluding diaryl/α,β-unsaturated/α-hetero) is 1. The highest BCUT2D eigenvalue weighted by Gasteiger charge is 2.62. The van der Waals surface area contributed by atoms with E-state index in [1.54, 1.807) is 10.9 Å².